The number of carbonyl (C=O) groups excluding carboxylic acids is 1. The van der Waals surface area contributed by atoms with Gasteiger partial charge in [-0.15, -0.1) is 12.4 Å². The van der Waals surface area contributed by atoms with Crippen molar-refractivity contribution >= 4 is 18.4 Å². The van der Waals surface area contributed by atoms with Crippen LogP contribution in [0, 0.1) is 12.8 Å². The Balaban J connectivity index is 0.00000264. The number of hydrogen-bond donors (Lipinski definition) is 1. The Morgan fingerprint density at radius 3 is 2.74 bits per heavy atom. The lowest BCUT2D eigenvalue weighted by Crippen LogP contribution is -2.27. The quantitative estimate of drug-likeness (QED) is 0.609. The van der Waals surface area contributed by atoms with Gasteiger partial charge in [0.05, 0.1) is 24.5 Å². The van der Waals surface area contributed by atoms with Crippen molar-refractivity contribution in [3.8, 4) is 5.88 Å². The zero-order valence-electron chi connectivity index (χ0n) is 14.0. The molecule has 0 radical (unpaired) electrons. The van der Waals surface area contributed by atoms with E-state index in [1.807, 2.05) is 0 Å². The van der Waals surface area contributed by atoms with Crippen LogP contribution in [0.4, 0.5) is 0 Å². The highest BCUT2D eigenvalue weighted by molar-refractivity contribution is 5.90. The topological polar surface area (TPSA) is 60.5 Å². The van der Waals surface area contributed by atoms with E-state index in [1.54, 1.807) is 26.0 Å². The van der Waals surface area contributed by atoms with Gasteiger partial charge in [0, 0.05) is 6.07 Å². The van der Waals surface area contributed by atoms with Crippen molar-refractivity contribution in [2.75, 3.05) is 26.3 Å². The van der Waals surface area contributed by atoms with Crippen LogP contribution in [0.5, 0.6) is 5.88 Å². The molecule has 130 valence electrons. The van der Waals surface area contributed by atoms with E-state index in [0.29, 0.717) is 30.4 Å². The highest BCUT2D eigenvalue weighted by atomic mass is 35.5. The van der Waals surface area contributed by atoms with Crippen LogP contribution in [0.25, 0.3) is 0 Å². The molecule has 1 N–H and O–H groups in total. The van der Waals surface area contributed by atoms with Gasteiger partial charge in [-0.25, -0.2) is 9.78 Å². The first-order valence-electron chi connectivity index (χ1n) is 8.19. The van der Waals surface area contributed by atoms with Crippen LogP contribution in [0.1, 0.15) is 48.7 Å². The van der Waals surface area contributed by atoms with Gasteiger partial charge < -0.3 is 14.8 Å². The average Bonchev–Trinajstić information content (AvgIpc) is 2.53. The summed E-state index contributed by atoms with van der Waals surface area (Å²) in [5.74, 6) is 1.08. The summed E-state index contributed by atoms with van der Waals surface area (Å²) in [7, 11) is 0. The van der Waals surface area contributed by atoms with E-state index in [1.165, 1.54) is 19.3 Å². The fourth-order valence-corrected chi connectivity index (χ4v) is 2.76. The Morgan fingerprint density at radius 2 is 2.09 bits per heavy atom. The zero-order valence-corrected chi connectivity index (χ0v) is 14.8. The maximum absolute atomic E-state index is 11.7. The van der Waals surface area contributed by atoms with E-state index in [2.05, 4.69) is 10.3 Å². The molecule has 6 heteroatoms. The predicted octanol–water partition coefficient (Wildman–Crippen LogP) is 3.15. The van der Waals surface area contributed by atoms with Crippen molar-refractivity contribution < 1.29 is 14.3 Å². The van der Waals surface area contributed by atoms with Crippen molar-refractivity contribution in [3.05, 3.63) is 23.4 Å². The van der Waals surface area contributed by atoms with E-state index in [4.69, 9.17) is 9.47 Å². The number of esters is 1. The van der Waals surface area contributed by atoms with E-state index in [-0.39, 0.29) is 18.4 Å². The lowest BCUT2D eigenvalue weighted by molar-refractivity contribution is 0.0525. The molecule has 0 atom stereocenters. The van der Waals surface area contributed by atoms with Crippen molar-refractivity contribution in [2.45, 2.75) is 39.5 Å². The smallest absolute Gasteiger partial charge is 0.339 e. The summed E-state index contributed by atoms with van der Waals surface area (Å²) in [4.78, 5) is 16.0. The molecule has 23 heavy (non-hydrogen) atoms. The fourth-order valence-electron chi connectivity index (χ4n) is 2.76. The second kappa shape index (κ2) is 10.4. The number of halogens is 1. The summed E-state index contributed by atoms with van der Waals surface area (Å²) in [5.41, 5.74) is 1.15. The Labute approximate surface area is 144 Å². The molecular formula is C17H27ClN2O3. The molecule has 2 heterocycles. The largest absolute Gasteiger partial charge is 0.478 e. The molecule has 2 rings (SSSR count). The van der Waals surface area contributed by atoms with Gasteiger partial charge in [-0.3, -0.25) is 0 Å². The van der Waals surface area contributed by atoms with Crippen molar-refractivity contribution in [3.63, 3.8) is 0 Å². The molecule has 1 aromatic rings. The van der Waals surface area contributed by atoms with E-state index in [9.17, 15) is 4.79 Å². The van der Waals surface area contributed by atoms with Gasteiger partial charge in [0.25, 0.3) is 0 Å². The van der Waals surface area contributed by atoms with Crippen molar-refractivity contribution in [1.29, 1.82) is 0 Å². The first kappa shape index (κ1) is 19.7. The number of hydrogen-bond acceptors (Lipinski definition) is 5. The number of aromatic nitrogens is 1. The maximum Gasteiger partial charge on any atom is 0.339 e. The minimum Gasteiger partial charge on any atom is -0.478 e. The summed E-state index contributed by atoms with van der Waals surface area (Å²) >= 11 is 0. The molecule has 1 aromatic heterocycles. The Morgan fingerprint density at radius 1 is 1.35 bits per heavy atom. The lowest BCUT2D eigenvalue weighted by Gasteiger charge is -2.22. The van der Waals surface area contributed by atoms with Crippen molar-refractivity contribution in [2.24, 2.45) is 5.92 Å². The van der Waals surface area contributed by atoms with Crippen LogP contribution in [-0.4, -0.2) is 37.3 Å². The number of piperidine rings is 1. The predicted molar refractivity (Wildman–Crippen MR) is 92.5 cm³/mol. The van der Waals surface area contributed by atoms with E-state index in [0.717, 1.165) is 25.4 Å². The summed E-state index contributed by atoms with van der Waals surface area (Å²) < 4.78 is 10.7. The van der Waals surface area contributed by atoms with Crippen LogP contribution in [0.3, 0.4) is 0 Å². The summed E-state index contributed by atoms with van der Waals surface area (Å²) in [5, 5.41) is 3.38. The van der Waals surface area contributed by atoms with E-state index >= 15 is 0 Å². The van der Waals surface area contributed by atoms with Crippen LogP contribution >= 0.6 is 12.4 Å². The third kappa shape index (κ3) is 6.36. The molecule has 1 saturated heterocycles. The Bertz CT molecular complexity index is 491. The minimum absolute atomic E-state index is 0. The first-order valence-corrected chi connectivity index (χ1v) is 8.19. The third-order valence-electron chi connectivity index (χ3n) is 4.02. The van der Waals surface area contributed by atoms with Crippen molar-refractivity contribution in [1.82, 2.24) is 10.3 Å². The number of nitrogens with zero attached hydrogens (tertiary/aromatic N) is 1. The molecule has 0 aromatic carbocycles. The number of pyridine rings is 1. The fraction of sp³-hybridized carbons (Fsp3) is 0.647. The highest BCUT2D eigenvalue weighted by Gasteiger charge is 2.13. The second-order valence-electron chi connectivity index (χ2n) is 5.69. The zero-order chi connectivity index (χ0) is 15.8. The summed E-state index contributed by atoms with van der Waals surface area (Å²) in [6, 6.07) is 3.46. The monoisotopic (exact) mass is 342 g/mol. The van der Waals surface area contributed by atoms with E-state index < -0.39 is 0 Å². The normalized spacial score (nSPS) is 14.9. The maximum atomic E-state index is 11.7. The molecule has 1 aliphatic rings. The average molecular weight is 343 g/mol. The third-order valence-corrected chi connectivity index (χ3v) is 4.02. The van der Waals surface area contributed by atoms with Crippen LogP contribution in [0.2, 0.25) is 0 Å². The molecule has 1 fully saturated rings. The molecular weight excluding hydrogens is 316 g/mol. The molecule has 0 bridgehead atoms. The number of rotatable bonds is 7. The Hall–Kier alpha value is -1.33. The molecule has 0 aliphatic carbocycles. The van der Waals surface area contributed by atoms with Crippen LogP contribution in [-0.2, 0) is 4.74 Å². The standard InChI is InChI=1S/C17H26N2O3.ClH/c1-3-21-17(20)15-6-7-16(19-13(15)2)22-12-4-5-14-8-10-18-11-9-14;/h6-7,14,18H,3-5,8-12H2,1-2H3;1H. The molecule has 0 unspecified atom stereocenters. The van der Waals surface area contributed by atoms with Gasteiger partial charge in [-0.05, 0) is 64.6 Å². The van der Waals surface area contributed by atoms with Crippen LogP contribution in [0.15, 0.2) is 12.1 Å². The molecule has 0 spiro atoms. The van der Waals surface area contributed by atoms with Gasteiger partial charge in [-0.1, -0.05) is 0 Å². The van der Waals surface area contributed by atoms with Gasteiger partial charge >= 0.3 is 5.97 Å². The number of ether oxygens (including phenoxy) is 2. The number of aryl methyl sites for hydroxylation is 1. The van der Waals surface area contributed by atoms with Gasteiger partial charge in [-0.2, -0.15) is 0 Å². The minimum atomic E-state index is -0.329. The lowest BCUT2D eigenvalue weighted by atomic mass is 9.93. The second-order valence-corrected chi connectivity index (χ2v) is 5.69. The molecule has 0 amide bonds. The molecule has 1 aliphatic heterocycles. The summed E-state index contributed by atoms with van der Waals surface area (Å²) in [6.45, 7) is 6.92. The van der Waals surface area contributed by atoms with Gasteiger partial charge in [0.1, 0.15) is 0 Å². The summed E-state index contributed by atoms with van der Waals surface area (Å²) in [6.07, 6.45) is 4.80. The first-order chi connectivity index (χ1) is 10.7. The number of carbonyl (C=O) groups is 1. The van der Waals surface area contributed by atoms with Gasteiger partial charge in [0.2, 0.25) is 5.88 Å². The van der Waals surface area contributed by atoms with Crippen LogP contribution < -0.4 is 10.1 Å². The SMILES string of the molecule is CCOC(=O)c1ccc(OCCCC2CCNCC2)nc1C.Cl. The molecule has 5 nitrogen and oxygen atoms in total. The number of nitrogens with one attached hydrogen (secondary N) is 1. The molecule has 0 saturated carbocycles. The highest BCUT2D eigenvalue weighted by Crippen LogP contribution is 2.18. The van der Waals surface area contributed by atoms with Gasteiger partial charge in [0.15, 0.2) is 0 Å². The Kier molecular flexibility index (Phi) is 8.95.